The summed E-state index contributed by atoms with van der Waals surface area (Å²) in [5.74, 6) is 1.55. The highest BCUT2D eigenvalue weighted by Gasteiger charge is 2.32. The first kappa shape index (κ1) is 15.7. The number of hydrogen-bond donors (Lipinski definition) is 3. The van der Waals surface area contributed by atoms with Crippen molar-refractivity contribution in [2.45, 2.75) is 19.1 Å². The minimum absolute atomic E-state index is 0.0242. The van der Waals surface area contributed by atoms with E-state index in [0.29, 0.717) is 0 Å². The topological polar surface area (TPSA) is 64.0 Å². The molecule has 2 atom stereocenters. The number of thiophene rings is 1. The van der Waals surface area contributed by atoms with Crippen LogP contribution in [0.5, 0.6) is 11.5 Å². The molecule has 0 bridgehead atoms. The van der Waals surface area contributed by atoms with E-state index in [1.165, 1.54) is 15.3 Å². The molecule has 2 aromatic rings. The van der Waals surface area contributed by atoms with Crippen LogP contribution in [-0.2, 0) is 13.0 Å². The molecule has 0 aliphatic carbocycles. The van der Waals surface area contributed by atoms with E-state index in [-0.39, 0.29) is 18.9 Å². The van der Waals surface area contributed by atoms with Crippen LogP contribution in [-0.4, -0.2) is 32.5 Å². The lowest BCUT2D eigenvalue weighted by Gasteiger charge is -2.24. The van der Waals surface area contributed by atoms with Crippen LogP contribution >= 0.6 is 11.3 Å². The molecule has 6 nitrogen and oxygen atoms in total. The average Bonchev–Trinajstić information content (AvgIpc) is 3.22. The quantitative estimate of drug-likeness (QED) is 0.744. The standard InChI is InChI=1S/C19H19N3O3S/c1-22-7-6-12-15(9-22)26-19-17(12)18(23)20-16(21-19)5-3-11-2-4-13-14(8-11)25-10-24-13/h2-5,8,16,21H,6-7,9-10H2,1H3,(H,20,23)/p+1/b5-3+/t16-/m1/s1. The Morgan fingerprint density at radius 1 is 1.27 bits per heavy atom. The molecule has 5 rings (SSSR count). The fourth-order valence-corrected chi connectivity index (χ4v) is 5.07. The number of benzene rings is 1. The zero-order valence-electron chi connectivity index (χ0n) is 14.4. The fraction of sp³-hybridized carbons (Fsp3) is 0.316. The van der Waals surface area contributed by atoms with Gasteiger partial charge in [-0.25, -0.2) is 0 Å². The van der Waals surface area contributed by atoms with E-state index in [1.54, 1.807) is 11.3 Å². The van der Waals surface area contributed by atoms with Crippen molar-refractivity contribution in [1.82, 2.24) is 5.32 Å². The summed E-state index contributed by atoms with van der Waals surface area (Å²) >= 11 is 1.72. The summed E-state index contributed by atoms with van der Waals surface area (Å²) in [6.45, 7) is 2.35. The van der Waals surface area contributed by atoms with Gasteiger partial charge in [0.1, 0.15) is 17.7 Å². The number of likely N-dealkylation sites (N-methyl/N-ethyl adjacent to an activating group) is 1. The van der Waals surface area contributed by atoms with Crippen molar-refractivity contribution in [2.24, 2.45) is 0 Å². The van der Waals surface area contributed by atoms with E-state index in [4.69, 9.17) is 9.47 Å². The van der Waals surface area contributed by atoms with Crippen molar-refractivity contribution < 1.29 is 19.2 Å². The van der Waals surface area contributed by atoms with Crippen LogP contribution in [0.25, 0.3) is 6.08 Å². The molecular weight excluding hydrogens is 350 g/mol. The molecular formula is C19H20N3O3S+. The van der Waals surface area contributed by atoms with Crippen LogP contribution in [0, 0.1) is 0 Å². The molecule has 1 unspecified atom stereocenters. The zero-order chi connectivity index (χ0) is 17.7. The van der Waals surface area contributed by atoms with Crippen LogP contribution in [0.4, 0.5) is 5.00 Å². The Morgan fingerprint density at radius 2 is 2.15 bits per heavy atom. The largest absolute Gasteiger partial charge is 0.454 e. The Morgan fingerprint density at radius 3 is 3.08 bits per heavy atom. The third kappa shape index (κ3) is 2.64. The normalized spacial score (nSPS) is 23.3. The molecule has 3 aliphatic rings. The Bertz CT molecular complexity index is 921. The van der Waals surface area contributed by atoms with Gasteiger partial charge in [0.15, 0.2) is 11.5 Å². The summed E-state index contributed by atoms with van der Waals surface area (Å²) in [6.07, 6.45) is 4.70. The van der Waals surface area contributed by atoms with Crippen molar-refractivity contribution >= 4 is 28.3 Å². The van der Waals surface area contributed by atoms with Gasteiger partial charge in [0.2, 0.25) is 6.79 Å². The van der Waals surface area contributed by atoms with E-state index >= 15 is 0 Å². The number of amides is 1. The van der Waals surface area contributed by atoms with Gasteiger partial charge in [0.05, 0.1) is 24.0 Å². The SMILES string of the molecule is C[NH+]1CCc2c(sc3c2C(=O)N[C@@H](/C=C/c2ccc4c(c2)OCO4)N3)C1. The zero-order valence-corrected chi connectivity index (χ0v) is 15.2. The van der Waals surface area contributed by atoms with Gasteiger partial charge in [0, 0.05) is 6.42 Å². The summed E-state index contributed by atoms with van der Waals surface area (Å²) in [6, 6.07) is 5.82. The van der Waals surface area contributed by atoms with Gasteiger partial charge in [-0.3, -0.25) is 4.79 Å². The molecule has 7 heteroatoms. The molecule has 0 spiro atoms. The third-order valence-electron chi connectivity index (χ3n) is 5.03. The predicted octanol–water partition coefficient (Wildman–Crippen LogP) is 1.24. The molecule has 0 fully saturated rings. The number of rotatable bonds is 2. The number of anilines is 1. The lowest BCUT2D eigenvalue weighted by molar-refractivity contribution is -0.895. The predicted molar refractivity (Wildman–Crippen MR) is 100.0 cm³/mol. The van der Waals surface area contributed by atoms with Gasteiger partial charge in [0.25, 0.3) is 5.91 Å². The van der Waals surface area contributed by atoms with Crippen LogP contribution in [0.2, 0.25) is 0 Å². The molecule has 0 saturated heterocycles. The minimum Gasteiger partial charge on any atom is -0.454 e. The van der Waals surface area contributed by atoms with Crippen LogP contribution in [0.15, 0.2) is 24.3 Å². The number of carbonyl (C=O) groups excluding carboxylic acids is 1. The molecule has 1 aromatic carbocycles. The molecule has 0 saturated carbocycles. The van der Waals surface area contributed by atoms with Crippen LogP contribution < -0.4 is 25.0 Å². The van der Waals surface area contributed by atoms with E-state index in [9.17, 15) is 4.79 Å². The molecule has 134 valence electrons. The van der Waals surface area contributed by atoms with Crippen molar-refractivity contribution in [2.75, 3.05) is 25.7 Å². The molecule has 1 amide bonds. The second-order valence-corrected chi connectivity index (χ2v) is 8.01. The van der Waals surface area contributed by atoms with Crippen molar-refractivity contribution in [3.05, 3.63) is 45.8 Å². The van der Waals surface area contributed by atoms with Gasteiger partial charge >= 0.3 is 0 Å². The van der Waals surface area contributed by atoms with Crippen LogP contribution in [0.1, 0.15) is 26.4 Å². The molecule has 4 heterocycles. The number of ether oxygens (including phenoxy) is 2. The minimum atomic E-state index is -0.217. The van der Waals surface area contributed by atoms with Crippen LogP contribution in [0.3, 0.4) is 0 Å². The highest BCUT2D eigenvalue weighted by molar-refractivity contribution is 7.16. The Kier molecular flexibility index (Phi) is 3.65. The number of carbonyl (C=O) groups is 1. The van der Waals surface area contributed by atoms with E-state index in [2.05, 4.69) is 17.7 Å². The van der Waals surface area contributed by atoms with E-state index < -0.39 is 0 Å². The Hall–Kier alpha value is -2.51. The summed E-state index contributed by atoms with van der Waals surface area (Å²) in [4.78, 5) is 15.5. The van der Waals surface area contributed by atoms with Gasteiger partial charge in [-0.2, -0.15) is 0 Å². The summed E-state index contributed by atoms with van der Waals surface area (Å²) < 4.78 is 10.7. The number of quaternary nitrogens is 1. The monoisotopic (exact) mass is 370 g/mol. The van der Waals surface area contributed by atoms with Crippen molar-refractivity contribution in [1.29, 1.82) is 0 Å². The van der Waals surface area contributed by atoms with E-state index in [1.807, 2.05) is 30.4 Å². The Labute approximate surface area is 155 Å². The molecule has 1 aromatic heterocycles. The van der Waals surface area contributed by atoms with Gasteiger partial charge < -0.3 is 25.0 Å². The first-order valence-corrected chi connectivity index (χ1v) is 9.60. The highest BCUT2D eigenvalue weighted by Crippen LogP contribution is 2.37. The van der Waals surface area contributed by atoms with Gasteiger partial charge in [-0.15, -0.1) is 11.3 Å². The number of fused-ring (bicyclic) bond motifs is 4. The summed E-state index contributed by atoms with van der Waals surface area (Å²) in [5, 5.41) is 7.50. The lowest BCUT2D eigenvalue weighted by atomic mass is 10.0. The molecule has 3 N–H and O–H groups in total. The second kappa shape index (κ2) is 6.03. The molecule has 3 aliphatic heterocycles. The average molecular weight is 370 g/mol. The van der Waals surface area contributed by atoms with E-state index in [0.717, 1.165) is 47.1 Å². The maximum atomic E-state index is 12.7. The lowest BCUT2D eigenvalue weighted by Crippen LogP contribution is -3.08. The van der Waals surface area contributed by atoms with Crippen molar-refractivity contribution in [3.63, 3.8) is 0 Å². The first-order chi connectivity index (χ1) is 12.7. The highest BCUT2D eigenvalue weighted by atomic mass is 32.1. The maximum absolute atomic E-state index is 12.7. The molecule has 0 radical (unpaired) electrons. The maximum Gasteiger partial charge on any atom is 0.256 e. The first-order valence-electron chi connectivity index (χ1n) is 8.78. The third-order valence-corrected chi connectivity index (χ3v) is 6.20. The second-order valence-electron chi connectivity index (χ2n) is 6.91. The molecule has 26 heavy (non-hydrogen) atoms. The summed E-state index contributed by atoms with van der Waals surface area (Å²) in [7, 11) is 2.20. The number of nitrogens with one attached hydrogen (secondary N) is 3. The fourth-order valence-electron chi connectivity index (χ4n) is 3.67. The van der Waals surface area contributed by atoms with Crippen molar-refractivity contribution in [3.8, 4) is 11.5 Å². The smallest absolute Gasteiger partial charge is 0.256 e. The van der Waals surface area contributed by atoms with Gasteiger partial charge in [-0.1, -0.05) is 12.1 Å². The Balaban J connectivity index is 1.37. The number of hydrogen-bond acceptors (Lipinski definition) is 5. The summed E-state index contributed by atoms with van der Waals surface area (Å²) in [5.41, 5.74) is 3.09. The van der Waals surface area contributed by atoms with Gasteiger partial charge in [-0.05, 0) is 29.3 Å².